The van der Waals surface area contributed by atoms with Crippen LogP contribution in [-0.2, 0) is 16.0 Å². The Morgan fingerprint density at radius 3 is 2.83 bits per heavy atom. The SMILES string of the molecule is O=C(CCc1cccs1)NC(CC1CC1)C(=O)O. The average molecular weight is 267 g/mol. The number of carboxylic acids is 1. The summed E-state index contributed by atoms with van der Waals surface area (Å²) in [7, 11) is 0. The zero-order valence-corrected chi connectivity index (χ0v) is 10.9. The Morgan fingerprint density at radius 2 is 2.28 bits per heavy atom. The van der Waals surface area contributed by atoms with Crippen LogP contribution in [0.5, 0.6) is 0 Å². The number of hydrogen-bond acceptors (Lipinski definition) is 3. The van der Waals surface area contributed by atoms with Crippen LogP contribution in [0.2, 0.25) is 0 Å². The van der Waals surface area contributed by atoms with Crippen LogP contribution in [0.15, 0.2) is 17.5 Å². The smallest absolute Gasteiger partial charge is 0.326 e. The number of thiophene rings is 1. The summed E-state index contributed by atoms with van der Waals surface area (Å²) in [4.78, 5) is 23.9. The Bertz CT molecular complexity index is 412. The lowest BCUT2D eigenvalue weighted by molar-refractivity contribution is -0.142. The lowest BCUT2D eigenvalue weighted by Crippen LogP contribution is -2.41. The maximum absolute atomic E-state index is 11.7. The van der Waals surface area contributed by atoms with Gasteiger partial charge >= 0.3 is 5.97 Å². The zero-order chi connectivity index (χ0) is 13.0. The highest BCUT2D eigenvalue weighted by Crippen LogP contribution is 2.33. The van der Waals surface area contributed by atoms with Crippen molar-refractivity contribution in [3.8, 4) is 0 Å². The number of aryl methyl sites for hydroxylation is 1. The van der Waals surface area contributed by atoms with Crippen molar-refractivity contribution in [3.05, 3.63) is 22.4 Å². The van der Waals surface area contributed by atoms with Gasteiger partial charge in [0, 0.05) is 11.3 Å². The van der Waals surface area contributed by atoms with Crippen LogP contribution in [-0.4, -0.2) is 23.0 Å². The van der Waals surface area contributed by atoms with Gasteiger partial charge in [-0.2, -0.15) is 0 Å². The van der Waals surface area contributed by atoms with E-state index in [4.69, 9.17) is 5.11 Å². The van der Waals surface area contributed by atoms with Crippen molar-refractivity contribution in [3.63, 3.8) is 0 Å². The molecule has 0 bridgehead atoms. The maximum Gasteiger partial charge on any atom is 0.326 e. The predicted molar refractivity (Wildman–Crippen MR) is 69.5 cm³/mol. The molecule has 0 aromatic carbocycles. The largest absolute Gasteiger partial charge is 0.480 e. The fourth-order valence-corrected chi connectivity index (χ4v) is 2.58. The summed E-state index contributed by atoms with van der Waals surface area (Å²) < 4.78 is 0. The molecule has 1 unspecified atom stereocenters. The molecule has 1 saturated carbocycles. The molecule has 4 nitrogen and oxygen atoms in total. The van der Waals surface area contributed by atoms with Crippen molar-refractivity contribution >= 4 is 23.2 Å². The number of carbonyl (C=O) groups excluding carboxylic acids is 1. The van der Waals surface area contributed by atoms with E-state index in [2.05, 4.69) is 5.32 Å². The van der Waals surface area contributed by atoms with Gasteiger partial charge in [0.15, 0.2) is 0 Å². The van der Waals surface area contributed by atoms with Crippen LogP contribution in [0.1, 0.15) is 30.6 Å². The molecular formula is C13H17NO3S. The van der Waals surface area contributed by atoms with Gasteiger partial charge in [0.1, 0.15) is 6.04 Å². The molecule has 1 aromatic heterocycles. The molecule has 0 aliphatic heterocycles. The maximum atomic E-state index is 11.7. The van der Waals surface area contributed by atoms with Crippen molar-refractivity contribution in [2.75, 3.05) is 0 Å². The lowest BCUT2D eigenvalue weighted by atomic mass is 10.1. The van der Waals surface area contributed by atoms with Gasteiger partial charge in [0.25, 0.3) is 0 Å². The minimum absolute atomic E-state index is 0.170. The molecule has 0 radical (unpaired) electrons. The van der Waals surface area contributed by atoms with Gasteiger partial charge in [-0.25, -0.2) is 4.79 Å². The van der Waals surface area contributed by atoms with Crippen LogP contribution >= 0.6 is 11.3 Å². The zero-order valence-electron chi connectivity index (χ0n) is 10.1. The standard InChI is InChI=1S/C13H17NO3S/c15-12(6-5-10-2-1-7-18-10)14-11(13(16)17)8-9-3-4-9/h1-2,7,9,11H,3-6,8H2,(H,14,15)(H,16,17). The number of nitrogens with one attached hydrogen (secondary N) is 1. The Labute approximate surface area is 110 Å². The van der Waals surface area contributed by atoms with E-state index in [9.17, 15) is 9.59 Å². The molecule has 1 heterocycles. The molecule has 18 heavy (non-hydrogen) atoms. The van der Waals surface area contributed by atoms with Crippen molar-refractivity contribution < 1.29 is 14.7 Å². The highest BCUT2D eigenvalue weighted by Gasteiger charge is 2.29. The summed E-state index contributed by atoms with van der Waals surface area (Å²) in [6.45, 7) is 0. The molecule has 1 aliphatic rings. The third kappa shape index (κ3) is 4.14. The average Bonchev–Trinajstić information content (AvgIpc) is 2.99. The normalized spacial score (nSPS) is 16.2. The van der Waals surface area contributed by atoms with E-state index in [1.165, 1.54) is 0 Å². The van der Waals surface area contributed by atoms with Crippen LogP contribution < -0.4 is 5.32 Å². The van der Waals surface area contributed by atoms with Crippen LogP contribution in [0.4, 0.5) is 0 Å². The minimum atomic E-state index is -0.925. The number of hydrogen-bond donors (Lipinski definition) is 2. The first-order chi connectivity index (χ1) is 8.65. The lowest BCUT2D eigenvalue weighted by Gasteiger charge is -2.13. The number of amides is 1. The Balaban J connectivity index is 1.75. The minimum Gasteiger partial charge on any atom is -0.480 e. The summed E-state index contributed by atoms with van der Waals surface area (Å²) in [6, 6.07) is 3.22. The summed E-state index contributed by atoms with van der Waals surface area (Å²) in [5, 5.41) is 13.6. The molecular weight excluding hydrogens is 250 g/mol. The van der Waals surface area contributed by atoms with Gasteiger partial charge < -0.3 is 10.4 Å². The van der Waals surface area contributed by atoms with E-state index in [0.717, 1.165) is 17.7 Å². The molecule has 5 heteroatoms. The van der Waals surface area contributed by atoms with E-state index >= 15 is 0 Å². The predicted octanol–water partition coefficient (Wildman–Crippen LogP) is 2.05. The van der Waals surface area contributed by atoms with Gasteiger partial charge in [0.2, 0.25) is 5.91 Å². The molecule has 0 spiro atoms. The van der Waals surface area contributed by atoms with E-state index in [0.29, 0.717) is 25.2 Å². The van der Waals surface area contributed by atoms with Crippen molar-refractivity contribution in [1.82, 2.24) is 5.32 Å². The van der Waals surface area contributed by atoms with Gasteiger partial charge in [-0.05, 0) is 30.2 Å². The quantitative estimate of drug-likeness (QED) is 0.794. The second kappa shape index (κ2) is 6.00. The highest BCUT2D eigenvalue weighted by atomic mass is 32.1. The fourth-order valence-electron chi connectivity index (χ4n) is 1.87. The van der Waals surface area contributed by atoms with Gasteiger partial charge in [-0.15, -0.1) is 11.3 Å². The van der Waals surface area contributed by atoms with E-state index in [1.807, 2.05) is 17.5 Å². The van der Waals surface area contributed by atoms with E-state index < -0.39 is 12.0 Å². The third-order valence-electron chi connectivity index (χ3n) is 3.08. The number of aliphatic carboxylic acids is 1. The molecule has 2 N–H and O–H groups in total. The molecule has 98 valence electrons. The molecule has 2 rings (SSSR count). The first-order valence-corrected chi connectivity index (χ1v) is 7.07. The molecule has 1 aliphatic carbocycles. The van der Waals surface area contributed by atoms with Crippen molar-refractivity contribution in [1.29, 1.82) is 0 Å². The molecule has 1 aromatic rings. The Morgan fingerprint density at radius 1 is 1.50 bits per heavy atom. The molecule has 0 saturated heterocycles. The summed E-state index contributed by atoms with van der Waals surface area (Å²) in [5.41, 5.74) is 0. The number of carboxylic acid groups (broad SMARTS) is 1. The van der Waals surface area contributed by atoms with E-state index in [1.54, 1.807) is 11.3 Å². The number of carbonyl (C=O) groups is 2. The summed E-state index contributed by atoms with van der Waals surface area (Å²) in [6.07, 6.45) is 3.79. The topological polar surface area (TPSA) is 66.4 Å². The third-order valence-corrected chi connectivity index (χ3v) is 4.01. The van der Waals surface area contributed by atoms with Crippen LogP contribution in [0.3, 0.4) is 0 Å². The first kappa shape index (κ1) is 13.1. The summed E-state index contributed by atoms with van der Waals surface area (Å²) >= 11 is 1.61. The Hall–Kier alpha value is -1.36. The van der Waals surface area contributed by atoms with Crippen LogP contribution in [0, 0.1) is 5.92 Å². The number of rotatable bonds is 7. The molecule has 1 atom stereocenters. The second-order valence-electron chi connectivity index (χ2n) is 4.72. The van der Waals surface area contributed by atoms with Gasteiger partial charge in [-0.1, -0.05) is 18.9 Å². The van der Waals surface area contributed by atoms with Crippen molar-refractivity contribution in [2.24, 2.45) is 5.92 Å². The first-order valence-electron chi connectivity index (χ1n) is 6.19. The molecule has 1 fully saturated rings. The van der Waals surface area contributed by atoms with Gasteiger partial charge in [-0.3, -0.25) is 4.79 Å². The second-order valence-corrected chi connectivity index (χ2v) is 5.75. The molecule has 1 amide bonds. The van der Waals surface area contributed by atoms with Gasteiger partial charge in [0.05, 0.1) is 0 Å². The summed E-state index contributed by atoms with van der Waals surface area (Å²) in [5.74, 6) is -0.605. The Kier molecular flexibility index (Phi) is 4.36. The fraction of sp³-hybridized carbons (Fsp3) is 0.538. The highest BCUT2D eigenvalue weighted by molar-refractivity contribution is 7.09. The van der Waals surface area contributed by atoms with Crippen LogP contribution in [0.25, 0.3) is 0 Å². The monoisotopic (exact) mass is 267 g/mol. The van der Waals surface area contributed by atoms with E-state index in [-0.39, 0.29) is 5.91 Å². The van der Waals surface area contributed by atoms with Crippen molar-refractivity contribution in [2.45, 2.75) is 38.1 Å².